The SMILES string of the molecule is O=C(CN(CCC(=O)N1CCCCC1)Cc1cccnc1)Nc1ccc(Cl)cc1. The third kappa shape index (κ3) is 7.15. The summed E-state index contributed by atoms with van der Waals surface area (Å²) in [5.41, 5.74) is 1.71. The minimum absolute atomic E-state index is 0.123. The number of nitrogens with one attached hydrogen (secondary N) is 1. The number of nitrogens with zero attached hydrogens (tertiary/aromatic N) is 3. The summed E-state index contributed by atoms with van der Waals surface area (Å²) in [6, 6.07) is 10.9. The van der Waals surface area contributed by atoms with Crippen molar-refractivity contribution in [3.05, 3.63) is 59.4 Å². The molecule has 1 aromatic heterocycles. The van der Waals surface area contributed by atoms with E-state index in [1.807, 2.05) is 21.9 Å². The Morgan fingerprint density at radius 2 is 1.86 bits per heavy atom. The van der Waals surface area contributed by atoms with E-state index < -0.39 is 0 Å². The maximum atomic E-state index is 12.5. The van der Waals surface area contributed by atoms with E-state index in [1.54, 1.807) is 36.7 Å². The lowest BCUT2D eigenvalue weighted by atomic mass is 10.1. The van der Waals surface area contributed by atoms with E-state index in [2.05, 4.69) is 10.3 Å². The third-order valence-electron chi connectivity index (χ3n) is 4.97. The van der Waals surface area contributed by atoms with Crippen LogP contribution in [0.5, 0.6) is 0 Å². The molecule has 0 spiro atoms. The number of pyridine rings is 1. The fourth-order valence-corrected chi connectivity index (χ4v) is 3.58. The highest BCUT2D eigenvalue weighted by Gasteiger charge is 2.19. The van der Waals surface area contributed by atoms with Crippen molar-refractivity contribution in [1.82, 2.24) is 14.8 Å². The van der Waals surface area contributed by atoms with E-state index in [9.17, 15) is 9.59 Å². The van der Waals surface area contributed by atoms with Crippen LogP contribution < -0.4 is 5.32 Å². The van der Waals surface area contributed by atoms with Gasteiger partial charge in [-0.2, -0.15) is 0 Å². The van der Waals surface area contributed by atoms with Gasteiger partial charge in [-0.1, -0.05) is 17.7 Å². The second-order valence-corrected chi connectivity index (χ2v) is 7.75. The van der Waals surface area contributed by atoms with Gasteiger partial charge in [0.05, 0.1) is 6.54 Å². The Balaban J connectivity index is 1.58. The second-order valence-electron chi connectivity index (χ2n) is 7.32. The Bertz CT molecular complexity index is 792. The molecule has 2 amide bonds. The summed E-state index contributed by atoms with van der Waals surface area (Å²) in [5.74, 6) is 0.0423. The molecule has 1 aromatic carbocycles. The molecule has 7 heteroatoms. The maximum Gasteiger partial charge on any atom is 0.238 e. The average Bonchev–Trinajstić information content (AvgIpc) is 2.75. The van der Waals surface area contributed by atoms with Crippen LogP contribution in [0.4, 0.5) is 5.69 Å². The van der Waals surface area contributed by atoms with Crippen LogP contribution in [0.2, 0.25) is 5.02 Å². The lowest BCUT2D eigenvalue weighted by Crippen LogP contribution is -2.39. The van der Waals surface area contributed by atoms with Gasteiger partial charge >= 0.3 is 0 Å². The first kappa shape index (κ1) is 21.3. The van der Waals surface area contributed by atoms with Crippen LogP contribution in [0, 0.1) is 0 Å². The van der Waals surface area contributed by atoms with E-state index in [0.717, 1.165) is 31.5 Å². The lowest BCUT2D eigenvalue weighted by Gasteiger charge is -2.28. The standard InChI is InChI=1S/C22H27ClN4O2/c23-19-6-8-20(9-7-19)25-21(28)17-26(16-18-5-4-11-24-15-18)14-10-22(29)27-12-2-1-3-13-27/h4-9,11,15H,1-3,10,12-14,16-17H2,(H,25,28). The molecule has 1 N–H and O–H groups in total. The Hall–Kier alpha value is -2.44. The van der Waals surface area contributed by atoms with Crippen molar-refractivity contribution in [2.24, 2.45) is 0 Å². The molecule has 1 saturated heterocycles. The van der Waals surface area contributed by atoms with Crippen molar-refractivity contribution < 1.29 is 9.59 Å². The third-order valence-corrected chi connectivity index (χ3v) is 5.23. The number of hydrogen-bond acceptors (Lipinski definition) is 4. The van der Waals surface area contributed by atoms with Crippen molar-refractivity contribution in [3.8, 4) is 0 Å². The maximum absolute atomic E-state index is 12.5. The Kier molecular flexibility index (Phi) is 8.02. The molecule has 0 atom stereocenters. The molecule has 29 heavy (non-hydrogen) atoms. The van der Waals surface area contributed by atoms with E-state index in [1.165, 1.54) is 6.42 Å². The number of piperidine rings is 1. The number of anilines is 1. The first-order valence-corrected chi connectivity index (χ1v) is 10.4. The molecule has 1 aliphatic rings. The van der Waals surface area contributed by atoms with Gasteiger partial charge in [-0.25, -0.2) is 0 Å². The van der Waals surface area contributed by atoms with Crippen LogP contribution in [0.15, 0.2) is 48.8 Å². The Morgan fingerprint density at radius 3 is 2.55 bits per heavy atom. The van der Waals surface area contributed by atoms with Crippen LogP contribution in [0.1, 0.15) is 31.2 Å². The summed E-state index contributed by atoms with van der Waals surface area (Å²) in [5, 5.41) is 3.51. The minimum Gasteiger partial charge on any atom is -0.343 e. The number of hydrogen-bond donors (Lipinski definition) is 1. The van der Waals surface area contributed by atoms with Crippen molar-refractivity contribution in [1.29, 1.82) is 0 Å². The van der Waals surface area contributed by atoms with Crippen LogP contribution in [0.3, 0.4) is 0 Å². The molecule has 1 aliphatic heterocycles. The number of halogens is 1. The average molecular weight is 415 g/mol. The zero-order valence-corrected chi connectivity index (χ0v) is 17.3. The molecule has 2 aromatic rings. The van der Waals surface area contributed by atoms with Crippen molar-refractivity contribution in [3.63, 3.8) is 0 Å². The monoisotopic (exact) mass is 414 g/mol. The molecular formula is C22H27ClN4O2. The molecule has 2 heterocycles. The van der Waals surface area contributed by atoms with E-state index in [-0.39, 0.29) is 18.4 Å². The lowest BCUT2D eigenvalue weighted by molar-refractivity contribution is -0.132. The summed E-state index contributed by atoms with van der Waals surface area (Å²) < 4.78 is 0. The minimum atomic E-state index is -0.123. The highest BCUT2D eigenvalue weighted by Crippen LogP contribution is 2.14. The van der Waals surface area contributed by atoms with Gasteiger partial charge in [0, 0.05) is 55.7 Å². The van der Waals surface area contributed by atoms with Crippen LogP contribution >= 0.6 is 11.6 Å². The molecule has 1 fully saturated rings. The van der Waals surface area contributed by atoms with Gasteiger partial charge in [-0.05, 0) is 55.2 Å². The summed E-state index contributed by atoms with van der Waals surface area (Å²) in [7, 11) is 0. The Morgan fingerprint density at radius 1 is 1.10 bits per heavy atom. The van der Waals surface area contributed by atoms with Crippen molar-refractivity contribution in [2.45, 2.75) is 32.2 Å². The number of likely N-dealkylation sites (tertiary alicyclic amines) is 1. The van der Waals surface area contributed by atoms with E-state index >= 15 is 0 Å². The van der Waals surface area contributed by atoms with Gasteiger partial charge in [0.25, 0.3) is 0 Å². The highest BCUT2D eigenvalue weighted by atomic mass is 35.5. The molecule has 0 radical (unpaired) electrons. The number of aromatic nitrogens is 1. The predicted molar refractivity (Wildman–Crippen MR) is 115 cm³/mol. The largest absolute Gasteiger partial charge is 0.343 e. The molecule has 154 valence electrons. The molecule has 6 nitrogen and oxygen atoms in total. The van der Waals surface area contributed by atoms with Gasteiger partial charge in [-0.15, -0.1) is 0 Å². The fraction of sp³-hybridized carbons (Fsp3) is 0.409. The number of amides is 2. The van der Waals surface area contributed by atoms with Crippen molar-refractivity contribution in [2.75, 3.05) is 31.5 Å². The number of benzene rings is 1. The summed E-state index contributed by atoms with van der Waals surface area (Å²) in [6.07, 6.45) is 7.27. The van der Waals surface area contributed by atoms with Crippen LogP contribution in [-0.2, 0) is 16.1 Å². The van der Waals surface area contributed by atoms with Gasteiger partial charge in [0.1, 0.15) is 0 Å². The molecule has 0 bridgehead atoms. The number of carbonyl (C=O) groups is 2. The van der Waals surface area contributed by atoms with Gasteiger partial charge in [-0.3, -0.25) is 19.5 Å². The summed E-state index contributed by atoms with van der Waals surface area (Å²) in [4.78, 5) is 33.2. The predicted octanol–water partition coefficient (Wildman–Crippen LogP) is 3.58. The quantitative estimate of drug-likeness (QED) is 0.717. The summed E-state index contributed by atoms with van der Waals surface area (Å²) >= 11 is 5.89. The number of rotatable bonds is 8. The Labute approximate surface area is 176 Å². The fourth-order valence-electron chi connectivity index (χ4n) is 3.46. The first-order valence-electron chi connectivity index (χ1n) is 10.0. The zero-order valence-electron chi connectivity index (χ0n) is 16.5. The topological polar surface area (TPSA) is 65.5 Å². The van der Waals surface area contributed by atoms with Crippen LogP contribution in [0.25, 0.3) is 0 Å². The highest BCUT2D eigenvalue weighted by molar-refractivity contribution is 6.30. The van der Waals surface area contributed by atoms with E-state index in [0.29, 0.717) is 30.2 Å². The second kappa shape index (κ2) is 10.9. The van der Waals surface area contributed by atoms with Crippen molar-refractivity contribution >= 4 is 29.1 Å². The first-order chi connectivity index (χ1) is 14.1. The van der Waals surface area contributed by atoms with Gasteiger partial charge in [0.2, 0.25) is 11.8 Å². The smallest absolute Gasteiger partial charge is 0.238 e. The molecular weight excluding hydrogens is 388 g/mol. The van der Waals surface area contributed by atoms with E-state index in [4.69, 9.17) is 11.6 Å². The van der Waals surface area contributed by atoms with Crippen LogP contribution in [-0.4, -0.2) is 52.8 Å². The molecule has 0 saturated carbocycles. The molecule has 0 aliphatic carbocycles. The van der Waals surface area contributed by atoms with Gasteiger partial charge < -0.3 is 10.2 Å². The van der Waals surface area contributed by atoms with Gasteiger partial charge in [0.15, 0.2) is 0 Å². The molecule has 3 rings (SSSR count). The number of carbonyl (C=O) groups excluding carboxylic acids is 2. The molecule has 0 unspecified atom stereocenters. The summed E-state index contributed by atoms with van der Waals surface area (Å²) in [6.45, 7) is 2.98. The zero-order chi connectivity index (χ0) is 20.5. The normalized spacial score (nSPS) is 14.1.